The molecular weight excluding hydrogens is 456 g/mol. The standard InChI is InChI=1S/C30H44O6/c1-21-8-7-15-29(3,25(21)17-31)16-26(36-20-33-5)28-22(2)9-14-27(32)30(28,4)19-35-18-23-10-12-24(34-6)13-11-23/h10-13,17,21,25-26H,7-9,14-16,18-20H2,1-6H3/t21-,25+,26-,29-,30-/m0/s1. The van der Waals surface area contributed by atoms with Gasteiger partial charge in [-0.15, -0.1) is 0 Å². The molecule has 0 N–H and O–H groups in total. The highest BCUT2D eigenvalue weighted by atomic mass is 16.7. The van der Waals surface area contributed by atoms with Crippen molar-refractivity contribution < 1.29 is 28.5 Å². The lowest BCUT2D eigenvalue weighted by molar-refractivity contribution is -0.135. The zero-order valence-electron chi connectivity index (χ0n) is 22.9. The third-order valence-corrected chi connectivity index (χ3v) is 8.55. The highest BCUT2D eigenvalue weighted by molar-refractivity contribution is 5.89. The Kier molecular flexibility index (Phi) is 9.90. The van der Waals surface area contributed by atoms with Crippen LogP contribution in [-0.4, -0.2) is 45.8 Å². The predicted molar refractivity (Wildman–Crippen MR) is 140 cm³/mol. The van der Waals surface area contributed by atoms with Gasteiger partial charge in [0.1, 0.15) is 24.6 Å². The molecule has 0 amide bonds. The summed E-state index contributed by atoms with van der Waals surface area (Å²) >= 11 is 0. The molecule has 0 spiro atoms. The Balaban J connectivity index is 1.86. The van der Waals surface area contributed by atoms with Crippen molar-refractivity contribution in [2.75, 3.05) is 27.6 Å². The smallest absolute Gasteiger partial charge is 0.147 e. The fourth-order valence-electron chi connectivity index (χ4n) is 6.43. The minimum absolute atomic E-state index is 0.0299. The van der Waals surface area contributed by atoms with Gasteiger partial charge in [-0.1, -0.05) is 38.0 Å². The molecular formula is C30H44O6. The van der Waals surface area contributed by atoms with Gasteiger partial charge >= 0.3 is 0 Å². The second-order valence-electron chi connectivity index (χ2n) is 11.2. The van der Waals surface area contributed by atoms with E-state index in [2.05, 4.69) is 20.8 Å². The number of benzene rings is 1. The summed E-state index contributed by atoms with van der Waals surface area (Å²) in [7, 11) is 3.26. The third kappa shape index (κ3) is 6.27. The lowest BCUT2D eigenvalue weighted by Gasteiger charge is -2.47. The van der Waals surface area contributed by atoms with E-state index in [0.29, 0.717) is 25.4 Å². The van der Waals surface area contributed by atoms with Crippen molar-refractivity contribution in [3.05, 3.63) is 41.0 Å². The van der Waals surface area contributed by atoms with Gasteiger partial charge in [-0.2, -0.15) is 0 Å². The zero-order valence-corrected chi connectivity index (χ0v) is 22.9. The molecule has 1 saturated carbocycles. The number of ether oxygens (including phenoxy) is 4. The van der Waals surface area contributed by atoms with Crippen LogP contribution in [-0.2, 0) is 30.4 Å². The fourth-order valence-corrected chi connectivity index (χ4v) is 6.43. The van der Waals surface area contributed by atoms with Crippen molar-refractivity contribution in [1.82, 2.24) is 0 Å². The van der Waals surface area contributed by atoms with E-state index >= 15 is 0 Å². The summed E-state index contributed by atoms with van der Waals surface area (Å²) in [5.74, 6) is 1.29. The van der Waals surface area contributed by atoms with Gasteiger partial charge in [0, 0.05) is 19.4 Å². The Morgan fingerprint density at radius 1 is 1.14 bits per heavy atom. The molecule has 5 atom stereocenters. The van der Waals surface area contributed by atoms with Crippen molar-refractivity contribution in [2.24, 2.45) is 22.7 Å². The number of rotatable bonds is 12. The van der Waals surface area contributed by atoms with Crippen LogP contribution < -0.4 is 4.74 Å². The van der Waals surface area contributed by atoms with Crippen LogP contribution in [0, 0.1) is 22.7 Å². The van der Waals surface area contributed by atoms with Gasteiger partial charge in [-0.25, -0.2) is 0 Å². The van der Waals surface area contributed by atoms with Crippen LogP contribution in [0.1, 0.15) is 71.8 Å². The third-order valence-electron chi connectivity index (χ3n) is 8.55. The number of Topliss-reactive ketones (excluding diaryl/α,β-unsaturated/α-hetero) is 1. The Hall–Kier alpha value is -2.02. The average molecular weight is 501 g/mol. The lowest BCUT2D eigenvalue weighted by Crippen LogP contribution is -2.46. The summed E-state index contributed by atoms with van der Waals surface area (Å²) in [6.45, 7) is 9.31. The molecule has 2 aliphatic carbocycles. The van der Waals surface area contributed by atoms with Crippen LogP contribution in [0.25, 0.3) is 0 Å². The van der Waals surface area contributed by atoms with E-state index in [0.717, 1.165) is 48.9 Å². The summed E-state index contributed by atoms with van der Waals surface area (Å²) < 4.78 is 23.0. The van der Waals surface area contributed by atoms with Gasteiger partial charge in [-0.05, 0) is 74.1 Å². The summed E-state index contributed by atoms with van der Waals surface area (Å²) in [5.41, 5.74) is 2.22. The van der Waals surface area contributed by atoms with Crippen LogP contribution in [0.15, 0.2) is 35.4 Å². The van der Waals surface area contributed by atoms with Crippen molar-refractivity contribution in [3.63, 3.8) is 0 Å². The SMILES string of the molecule is COCO[C@@H](C[C@]1(C)CCC[C@H](C)[C@H]1C=O)C1=C(C)CCC(=O)[C@]1(C)COCc1ccc(OC)cc1. The van der Waals surface area contributed by atoms with Crippen molar-refractivity contribution >= 4 is 12.1 Å². The summed E-state index contributed by atoms with van der Waals surface area (Å²) in [6.07, 6.45) is 5.86. The van der Waals surface area contributed by atoms with Crippen LogP contribution in [0.4, 0.5) is 0 Å². The first-order chi connectivity index (χ1) is 17.2. The van der Waals surface area contributed by atoms with Crippen LogP contribution in [0.3, 0.4) is 0 Å². The Bertz CT molecular complexity index is 922. The largest absolute Gasteiger partial charge is 0.497 e. The monoisotopic (exact) mass is 500 g/mol. The van der Waals surface area contributed by atoms with Gasteiger partial charge in [0.25, 0.3) is 0 Å². The number of carbonyl (C=O) groups is 2. The van der Waals surface area contributed by atoms with Gasteiger partial charge in [0.15, 0.2) is 0 Å². The summed E-state index contributed by atoms with van der Waals surface area (Å²) in [5, 5.41) is 0. The Morgan fingerprint density at radius 3 is 2.50 bits per heavy atom. The van der Waals surface area contributed by atoms with Crippen LogP contribution in [0.2, 0.25) is 0 Å². The highest BCUT2D eigenvalue weighted by Gasteiger charge is 2.48. The fraction of sp³-hybridized carbons (Fsp3) is 0.667. The minimum Gasteiger partial charge on any atom is -0.497 e. The van der Waals surface area contributed by atoms with E-state index in [4.69, 9.17) is 18.9 Å². The molecule has 200 valence electrons. The number of aldehydes is 1. The number of carbonyl (C=O) groups excluding carboxylic acids is 2. The molecule has 6 nitrogen and oxygen atoms in total. The number of hydrogen-bond donors (Lipinski definition) is 0. The van der Waals surface area contributed by atoms with Crippen molar-refractivity contribution in [3.8, 4) is 5.75 Å². The molecule has 0 bridgehead atoms. The lowest BCUT2D eigenvalue weighted by atomic mass is 9.59. The maximum atomic E-state index is 13.4. The molecule has 36 heavy (non-hydrogen) atoms. The van der Waals surface area contributed by atoms with E-state index in [1.54, 1.807) is 14.2 Å². The Labute approximate surface area is 216 Å². The maximum Gasteiger partial charge on any atom is 0.147 e. The first kappa shape index (κ1) is 28.5. The van der Waals surface area contributed by atoms with Gasteiger partial charge in [0.2, 0.25) is 0 Å². The maximum absolute atomic E-state index is 13.4. The number of hydrogen-bond acceptors (Lipinski definition) is 6. The van der Waals surface area contributed by atoms with E-state index < -0.39 is 5.41 Å². The number of allylic oxidation sites excluding steroid dienone is 1. The second-order valence-corrected chi connectivity index (χ2v) is 11.2. The molecule has 6 heteroatoms. The normalized spacial score (nSPS) is 29.8. The first-order valence-electron chi connectivity index (χ1n) is 13.2. The zero-order chi connectivity index (χ0) is 26.3. The van der Waals surface area contributed by atoms with E-state index in [-0.39, 0.29) is 36.6 Å². The molecule has 0 saturated heterocycles. The highest BCUT2D eigenvalue weighted by Crippen LogP contribution is 2.50. The second kappa shape index (κ2) is 12.5. The van der Waals surface area contributed by atoms with Gasteiger partial charge in [-0.3, -0.25) is 4.79 Å². The molecule has 0 unspecified atom stereocenters. The average Bonchev–Trinajstić information content (AvgIpc) is 2.85. The van der Waals surface area contributed by atoms with Gasteiger partial charge in [0.05, 0.1) is 31.8 Å². The number of methoxy groups -OCH3 is 2. The molecule has 1 fully saturated rings. The molecule has 2 aliphatic rings. The summed E-state index contributed by atoms with van der Waals surface area (Å²) in [4.78, 5) is 25.6. The van der Waals surface area contributed by atoms with E-state index in [1.807, 2.05) is 31.2 Å². The molecule has 3 rings (SSSR count). The molecule has 0 aromatic heterocycles. The van der Waals surface area contributed by atoms with Crippen LogP contribution >= 0.6 is 0 Å². The minimum atomic E-state index is -0.791. The summed E-state index contributed by atoms with van der Waals surface area (Å²) in [6, 6.07) is 7.76. The molecule has 0 aliphatic heterocycles. The molecule has 0 radical (unpaired) electrons. The molecule has 1 aromatic rings. The van der Waals surface area contributed by atoms with E-state index in [9.17, 15) is 9.59 Å². The van der Waals surface area contributed by atoms with Crippen molar-refractivity contribution in [2.45, 2.75) is 78.9 Å². The molecule has 1 aromatic carbocycles. The molecule has 0 heterocycles. The quantitative estimate of drug-likeness (QED) is 0.202. The Morgan fingerprint density at radius 2 is 1.86 bits per heavy atom. The van der Waals surface area contributed by atoms with E-state index in [1.165, 1.54) is 5.57 Å². The topological polar surface area (TPSA) is 71.1 Å². The first-order valence-corrected chi connectivity index (χ1v) is 13.2. The van der Waals surface area contributed by atoms with Crippen molar-refractivity contribution in [1.29, 1.82) is 0 Å². The number of ketones is 1. The predicted octanol–water partition coefficient (Wildman–Crippen LogP) is 5.92. The van der Waals surface area contributed by atoms with Crippen LogP contribution in [0.5, 0.6) is 5.75 Å². The van der Waals surface area contributed by atoms with Gasteiger partial charge < -0.3 is 23.7 Å².